The van der Waals surface area contributed by atoms with Crippen molar-refractivity contribution in [3.05, 3.63) is 89.5 Å². The Balaban J connectivity index is 1.49. The summed E-state index contributed by atoms with van der Waals surface area (Å²) in [5, 5.41) is 15.8. The second-order valence-corrected chi connectivity index (χ2v) is 7.48. The molecule has 0 bridgehead atoms. The van der Waals surface area contributed by atoms with Crippen LogP contribution in [0.25, 0.3) is 0 Å². The van der Waals surface area contributed by atoms with Crippen molar-refractivity contribution in [2.75, 3.05) is 11.9 Å². The number of anilines is 1. The minimum atomic E-state index is -0.782. The van der Waals surface area contributed by atoms with Gasteiger partial charge in [-0.25, -0.2) is 0 Å². The molecule has 1 aliphatic heterocycles. The largest absolute Gasteiger partial charge is 0.387 e. The van der Waals surface area contributed by atoms with Crippen molar-refractivity contribution < 1.29 is 14.7 Å². The number of amides is 2. The number of carbonyl (C=O) groups excluding carboxylic acids is 2. The Morgan fingerprint density at radius 1 is 1.00 bits per heavy atom. The topological polar surface area (TPSA) is 78.4 Å². The molecule has 0 aliphatic carbocycles. The highest BCUT2D eigenvalue weighted by Crippen LogP contribution is 2.38. The molecule has 0 fully saturated rings. The number of benzene rings is 3. The minimum Gasteiger partial charge on any atom is -0.387 e. The number of aliphatic hydroxyl groups is 1. The first-order valence-corrected chi connectivity index (χ1v) is 9.67. The van der Waals surface area contributed by atoms with E-state index in [1.54, 1.807) is 18.2 Å². The fourth-order valence-corrected chi connectivity index (χ4v) is 4.00. The average Bonchev–Trinajstić information content (AvgIpc) is 2.87. The van der Waals surface area contributed by atoms with E-state index in [1.165, 1.54) is 11.8 Å². The summed E-state index contributed by atoms with van der Waals surface area (Å²) in [5.74, 6) is -0.502. The van der Waals surface area contributed by atoms with E-state index in [1.807, 2.05) is 54.6 Å². The lowest BCUT2D eigenvalue weighted by Crippen LogP contribution is -2.28. The van der Waals surface area contributed by atoms with Gasteiger partial charge in [-0.05, 0) is 35.9 Å². The zero-order chi connectivity index (χ0) is 19.5. The summed E-state index contributed by atoms with van der Waals surface area (Å²) in [7, 11) is 0. The highest BCUT2D eigenvalue weighted by molar-refractivity contribution is 7.99. The maximum atomic E-state index is 12.5. The quantitative estimate of drug-likeness (QED) is 0.632. The molecule has 0 aromatic heterocycles. The Morgan fingerprint density at radius 2 is 1.75 bits per heavy atom. The van der Waals surface area contributed by atoms with Crippen LogP contribution >= 0.6 is 11.8 Å². The molecular weight excluding hydrogens is 372 g/mol. The van der Waals surface area contributed by atoms with Crippen LogP contribution < -0.4 is 10.6 Å². The molecule has 0 saturated heterocycles. The van der Waals surface area contributed by atoms with E-state index in [4.69, 9.17) is 0 Å². The van der Waals surface area contributed by atoms with Crippen molar-refractivity contribution in [2.24, 2.45) is 0 Å². The summed E-state index contributed by atoms with van der Waals surface area (Å²) in [6, 6.07) is 21.8. The molecule has 1 atom stereocenters. The number of hydrogen-bond donors (Lipinski definition) is 3. The highest BCUT2D eigenvalue weighted by atomic mass is 32.2. The van der Waals surface area contributed by atoms with Gasteiger partial charge in [0.2, 0.25) is 0 Å². The number of hydrogen-bond acceptors (Lipinski definition) is 4. The first kappa shape index (κ1) is 18.3. The molecule has 1 heterocycles. The molecule has 1 aliphatic rings. The first-order chi connectivity index (χ1) is 13.6. The maximum absolute atomic E-state index is 12.5. The van der Waals surface area contributed by atoms with Gasteiger partial charge in [-0.1, -0.05) is 54.2 Å². The Hall–Kier alpha value is -3.09. The maximum Gasteiger partial charge on any atom is 0.256 e. The van der Waals surface area contributed by atoms with Crippen LogP contribution in [-0.4, -0.2) is 23.5 Å². The van der Waals surface area contributed by atoms with Gasteiger partial charge in [0, 0.05) is 21.9 Å². The van der Waals surface area contributed by atoms with Crippen molar-refractivity contribution in [3.8, 4) is 0 Å². The number of fused-ring (bicyclic) bond motifs is 2. The van der Waals surface area contributed by atoms with E-state index in [9.17, 15) is 14.7 Å². The second kappa shape index (κ2) is 7.88. The monoisotopic (exact) mass is 390 g/mol. The molecule has 2 amide bonds. The molecule has 140 valence electrons. The molecule has 0 unspecified atom stereocenters. The third kappa shape index (κ3) is 3.78. The molecule has 28 heavy (non-hydrogen) atoms. The minimum absolute atomic E-state index is 0.104. The number of nitrogens with one attached hydrogen (secondary N) is 2. The lowest BCUT2D eigenvalue weighted by molar-refractivity contribution is 0.0915. The fourth-order valence-electron chi connectivity index (χ4n) is 2.99. The normalized spacial score (nSPS) is 13.5. The molecule has 0 radical (unpaired) electrons. The van der Waals surface area contributed by atoms with Crippen LogP contribution in [0.4, 0.5) is 5.69 Å². The van der Waals surface area contributed by atoms with Crippen molar-refractivity contribution in [1.82, 2.24) is 5.32 Å². The van der Waals surface area contributed by atoms with Crippen LogP contribution in [-0.2, 0) is 0 Å². The summed E-state index contributed by atoms with van der Waals surface area (Å²) >= 11 is 1.49. The van der Waals surface area contributed by atoms with E-state index < -0.39 is 6.10 Å². The molecular formula is C22H18N2O3S. The summed E-state index contributed by atoms with van der Waals surface area (Å²) < 4.78 is 0. The lowest BCUT2D eigenvalue weighted by atomic mass is 10.1. The lowest BCUT2D eigenvalue weighted by Gasteiger charge is -2.13. The van der Waals surface area contributed by atoms with E-state index in [0.717, 1.165) is 15.4 Å². The summed E-state index contributed by atoms with van der Waals surface area (Å²) in [6.07, 6.45) is -0.782. The Morgan fingerprint density at radius 3 is 2.57 bits per heavy atom. The first-order valence-electron chi connectivity index (χ1n) is 8.85. The van der Waals surface area contributed by atoms with Crippen LogP contribution in [0.2, 0.25) is 0 Å². The Kier molecular flexibility index (Phi) is 5.14. The van der Waals surface area contributed by atoms with Crippen molar-refractivity contribution >= 4 is 29.3 Å². The predicted octanol–water partition coefficient (Wildman–Crippen LogP) is 3.87. The predicted molar refractivity (Wildman–Crippen MR) is 109 cm³/mol. The van der Waals surface area contributed by atoms with Gasteiger partial charge in [-0.15, -0.1) is 0 Å². The third-order valence-corrected chi connectivity index (χ3v) is 5.63. The average molecular weight is 390 g/mol. The van der Waals surface area contributed by atoms with Gasteiger partial charge in [0.15, 0.2) is 0 Å². The number of rotatable bonds is 4. The van der Waals surface area contributed by atoms with Gasteiger partial charge in [0.1, 0.15) is 0 Å². The summed E-state index contributed by atoms with van der Waals surface area (Å²) in [6.45, 7) is 0.104. The highest BCUT2D eigenvalue weighted by Gasteiger charge is 2.21. The zero-order valence-electron chi connectivity index (χ0n) is 14.9. The van der Waals surface area contributed by atoms with Crippen molar-refractivity contribution in [3.63, 3.8) is 0 Å². The molecule has 3 N–H and O–H groups in total. The van der Waals surface area contributed by atoms with Gasteiger partial charge in [0.25, 0.3) is 11.8 Å². The summed E-state index contributed by atoms with van der Waals surface area (Å²) in [5.41, 5.74) is 2.38. The van der Waals surface area contributed by atoms with E-state index in [-0.39, 0.29) is 18.4 Å². The van der Waals surface area contributed by atoms with Gasteiger partial charge in [0.05, 0.1) is 17.4 Å². The molecule has 3 aromatic carbocycles. The number of carbonyl (C=O) groups is 2. The van der Waals surface area contributed by atoms with Crippen LogP contribution in [0.15, 0.2) is 82.6 Å². The smallest absolute Gasteiger partial charge is 0.256 e. The Bertz CT molecular complexity index is 1040. The molecule has 0 spiro atoms. The van der Waals surface area contributed by atoms with Crippen molar-refractivity contribution in [1.29, 1.82) is 0 Å². The Labute approximate surface area is 166 Å². The zero-order valence-corrected chi connectivity index (χ0v) is 15.7. The summed E-state index contributed by atoms with van der Waals surface area (Å²) in [4.78, 5) is 26.7. The molecule has 3 aromatic rings. The second-order valence-electron chi connectivity index (χ2n) is 6.40. The van der Waals surface area contributed by atoms with Crippen LogP contribution in [0.1, 0.15) is 32.4 Å². The van der Waals surface area contributed by atoms with Gasteiger partial charge < -0.3 is 15.7 Å². The van der Waals surface area contributed by atoms with Gasteiger partial charge in [-0.3, -0.25) is 9.59 Å². The molecule has 4 rings (SSSR count). The van der Waals surface area contributed by atoms with Gasteiger partial charge in [-0.2, -0.15) is 0 Å². The third-order valence-electron chi connectivity index (χ3n) is 4.48. The van der Waals surface area contributed by atoms with E-state index in [0.29, 0.717) is 16.8 Å². The molecule has 6 heteroatoms. The van der Waals surface area contributed by atoms with Crippen LogP contribution in [0.3, 0.4) is 0 Å². The van der Waals surface area contributed by atoms with Crippen LogP contribution in [0.5, 0.6) is 0 Å². The standard InChI is InChI=1S/C22H18N2O3S/c25-18(14-6-2-1-3-7-14)13-23-21(26)15-10-11-20-17(12-15)24-22(27)16-8-4-5-9-19(16)28-20/h1-12,18,25H,13H2,(H,23,26)(H,24,27)/t18-/m1/s1. The fraction of sp³-hybridized carbons (Fsp3) is 0.0909. The van der Waals surface area contributed by atoms with Crippen molar-refractivity contribution in [2.45, 2.75) is 15.9 Å². The van der Waals surface area contributed by atoms with E-state index in [2.05, 4.69) is 10.6 Å². The SMILES string of the molecule is O=C(NC[C@@H](O)c1ccccc1)c1ccc2c(c1)NC(=O)c1ccccc1S2. The molecule has 0 saturated carbocycles. The van der Waals surface area contributed by atoms with Gasteiger partial charge >= 0.3 is 0 Å². The molecule has 5 nitrogen and oxygen atoms in total. The number of aliphatic hydroxyl groups excluding tert-OH is 1. The van der Waals surface area contributed by atoms with E-state index >= 15 is 0 Å². The van der Waals surface area contributed by atoms with Crippen LogP contribution in [0, 0.1) is 0 Å².